The largest absolute Gasteiger partial charge is 0.490 e. The first kappa shape index (κ1) is 29.8. The lowest BCUT2D eigenvalue weighted by Gasteiger charge is -2.30. The third-order valence-corrected chi connectivity index (χ3v) is 7.18. The highest BCUT2D eigenvalue weighted by molar-refractivity contribution is 5.72. The molecule has 0 N–H and O–H groups in total. The van der Waals surface area contributed by atoms with Crippen LogP contribution in [0.3, 0.4) is 0 Å². The van der Waals surface area contributed by atoms with Gasteiger partial charge in [-0.3, -0.25) is 0 Å². The second-order valence-corrected chi connectivity index (χ2v) is 10.1. The van der Waals surface area contributed by atoms with Gasteiger partial charge in [0.15, 0.2) is 29.5 Å². The minimum atomic E-state index is -1.07. The summed E-state index contributed by atoms with van der Waals surface area (Å²) in [6.07, 6.45) is 8.03. The van der Waals surface area contributed by atoms with E-state index >= 15 is 8.78 Å². The van der Waals surface area contributed by atoms with Gasteiger partial charge in [0, 0.05) is 17.0 Å². The zero-order chi connectivity index (χ0) is 28.5. The Morgan fingerprint density at radius 2 is 1.40 bits per heavy atom. The van der Waals surface area contributed by atoms with Crippen LogP contribution in [0.4, 0.5) is 17.6 Å². The van der Waals surface area contributed by atoms with Crippen LogP contribution in [0.25, 0.3) is 22.3 Å². The molecule has 1 aliphatic rings. The number of unbranched alkanes of at least 4 members (excludes halogenated alkanes) is 4. The summed E-state index contributed by atoms with van der Waals surface area (Å²) in [5, 5.41) is 0. The van der Waals surface area contributed by atoms with Crippen LogP contribution in [-0.4, -0.2) is 26.1 Å². The second-order valence-electron chi connectivity index (χ2n) is 10.1. The minimum absolute atomic E-state index is 0.0467. The van der Waals surface area contributed by atoms with Crippen LogP contribution in [0.1, 0.15) is 63.4 Å². The van der Waals surface area contributed by atoms with Crippen LogP contribution in [-0.2, 0) is 9.47 Å². The van der Waals surface area contributed by atoms with Crippen LogP contribution < -0.4 is 4.74 Å². The van der Waals surface area contributed by atoms with Gasteiger partial charge in [-0.1, -0.05) is 68.7 Å². The van der Waals surface area contributed by atoms with Gasteiger partial charge in [0.1, 0.15) is 0 Å². The van der Waals surface area contributed by atoms with E-state index in [1.807, 2.05) is 0 Å². The Labute approximate surface area is 233 Å². The molecule has 0 saturated carbocycles. The molecule has 40 heavy (non-hydrogen) atoms. The van der Waals surface area contributed by atoms with Crippen molar-refractivity contribution in [2.24, 2.45) is 0 Å². The smallest absolute Gasteiger partial charge is 0.201 e. The first-order chi connectivity index (χ1) is 19.4. The van der Waals surface area contributed by atoms with Gasteiger partial charge in [-0.15, -0.1) is 6.58 Å². The van der Waals surface area contributed by atoms with Gasteiger partial charge in [0.25, 0.3) is 0 Å². The van der Waals surface area contributed by atoms with E-state index in [2.05, 4.69) is 13.5 Å². The topological polar surface area (TPSA) is 27.7 Å². The van der Waals surface area contributed by atoms with Crippen molar-refractivity contribution in [2.75, 3.05) is 19.8 Å². The van der Waals surface area contributed by atoms with Crippen molar-refractivity contribution in [3.8, 4) is 28.0 Å². The first-order valence-electron chi connectivity index (χ1n) is 14.0. The monoisotopic (exact) mass is 556 g/mol. The van der Waals surface area contributed by atoms with Crippen LogP contribution in [0.2, 0.25) is 0 Å². The van der Waals surface area contributed by atoms with E-state index in [-0.39, 0.29) is 48.6 Å². The molecule has 1 heterocycles. The van der Waals surface area contributed by atoms with Gasteiger partial charge in [0.2, 0.25) is 5.82 Å². The average Bonchev–Trinajstić information content (AvgIpc) is 2.98. The van der Waals surface area contributed by atoms with E-state index in [9.17, 15) is 8.78 Å². The Hall–Kier alpha value is -3.16. The molecule has 3 nitrogen and oxygen atoms in total. The number of hydrogen-bond donors (Lipinski definition) is 0. The SMILES string of the molecule is C=CCCCOc1ccc(-c2ccc(-c3ccc(C4COC(CCCCCC)OC4)c(F)c3F)cc2)c(F)c1F. The summed E-state index contributed by atoms with van der Waals surface area (Å²) in [5.41, 5.74) is 1.15. The number of allylic oxidation sites excluding steroid dienone is 1. The first-order valence-corrected chi connectivity index (χ1v) is 14.0. The maximum absolute atomic E-state index is 15.2. The van der Waals surface area contributed by atoms with Crippen molar-refractivity contribution in [3.05, 3.63) is 90.0 Å². The highest BCUT2D eigenvalue weighted by Crippen LogP contribution is 2.35. The third-order valence-electron chi connectivity index (χ3n) is 7.18. The summed E-state index contributed by atoms with van der Waals surface area (Å²) in [5.74, 6) is -4.56. The third kappa shape index (κ3) is 7.12. The standard InChI is InChI=1S/C33H36F4O3/c1-3-5-7-8-10-29-39-20-24(21-40-29)27-16-15-25(30(34)31(27)35)22-11-13-23(14-12-22)26-17-18-28(33(37)32(26)36)38-19-9-6-4-2/h4,11-18,24,29H,2-3,5-10,19-21H2,1H3. The fraction of sp³-hybridized carbons (Fsp3) is 0.394. The molecular formula is C33H36F4O3. The van der Waals surface area contributed by atoms with Gasteiger partial charge in [0.05, 0.1) is 19.8 Å². The van der Waals surface area contributed by atoms with Gasteiger partial charge in [-0.2, -0.15) is 4.39 Å². The number of benzene rings is 3. The highest BCUT2D eigenvalue weighted by Gasteiger charge is 2.27. The van der Waals surface area contributed by atoms with Crippen molar-refractivity contribution in [3.63, 3.8) is 0 Å². The second kappa shape index (κ2) is 14.5. The van der Waals surface area contributed by atoms with E-state index in [0.29, 0.717) is 24.0 Å². The quantitative estimate of drug-likeness (QED) is 0.119. The van der Waals surface area contributed by atoms with Crippen molar-refractivity contribution < 1.29 is 31.8 Å². The maximum atomic E-state index is 15.2. The van der Waals surface area contributed by atoms with Crippen molar-refractivity contribution in [2.45, 2.75) is 64.1 Å². The molecule has 3 aromatic carbocycles. The van der Waals surface area contributed by atoms with Crippen molar-refractivity contribution in [1.82, 2.24) is 0 Å². The Kier molecular flexibility index (Phi) is 10.8. The molecular weight excluding hydrogens is 520 g/mol. The number of hydrogen-bond acceptors (Lipinski definition) is 3. The zero-order valence-electron chi connectivity index (χ0n) is 22.9. The molecule has 0 unspecified atom stereocenters. The summed E-state index contributed by atoms with van der Waals surface area (Å²) in [6.45, 7) is 6.55. The molecule has 0 atom stereocenters. The molecule has 4 rings (SSSR count). The normalized spacial score (nSPS) is 17.1. The van der Waals surface area contributed by atoms with E-state index in [4.69, 9.17) is 14.2 Å². The average molecular weight is 557 g/mol. The maximum Gasteiger partial charge on any atom is 0.201 e. The molecule has 0 aliphatic carbocycles. The molecule has 0 aromatic heterocycles. The fourth-order valence-electron chi connectivity index (χ4n) is 4.84. The molecule has 0 spiro atoms. The molecule has 0 radical (unpaired) electrons. The van der Waals surface area contributed by atoms with E-state index in [0.717, 1.165) is 25.7 Å². The summed E-state index contributed by atoms with van der Waals surface area (Å²) < 4.78 is 76.5. The zero-order valence-corrected chi connectivity index (χ0v) is 22.9. The van der Waals surface area contributed by atoms with Gasteiger partial charge < -0.3 is 14.2 Å². The van der Waals surface area contributed by atoms with Crippen LogP contribution in [0.5, 0.6) is 5.75 Å². The predicted molar refractivity (Wildman–Crippen MR) is 149 cm³/mol. The Balaban J connectivity index is 1.43. The van der Waals surface area contributed by atoms with Gasteiger partial charge >= 0.3 is 0 Å². The lowest BCUT2D eigenvalue weighted by Crippen LogP contribution is -2.31. The predicted octanol–water partition coefficient (Wildman–Crippen LogP) is 9.35. The molecule has 0 amide bonds. The van der Waals surface area contributed by atoms with Crippen molar-refractivity contribution in [1.29, 1.82) is 0 Å². The van der Waals surface area contributed by atoms with E-state index in [1.165, 1.54) is 24.6 Å². The molecule has 1 fully saturated rings. The van der Waals surface area contributed by atoms with Crippen LogP contribution >= 0.6 is 0 Å². The minimum Gasteiger partial charge on any atom is -0.490 e. The van der Waals surface area contributed by atoms with Crippen molar-refractivity contribution >= 4 is 0 Å². The number of ether oxygens (including phenoxy) is 3. The summed E-state index contributed by atoms with van der Waals surface area (Å²) >= 11 is 0. The molecule has 214 valence electrons. The molecule has 1 aliphatic heterocycles. The Morgan fingerprint density at radius 1 is 0.775 bits per heavy atom. The fourth-order valence-corrected chi connectivity index (χ4v) is 4.84. The van der Waals surface area contributed by atoms with E-state index < -0.39 is 29.2 Å². The Morgan fingerprint density at radius 3 is 2.02 bits per heavy atom. The number of halogens is 4. The van der Waals surface area contributed by atoms with Crippen LogP contribution in [0, 0.1) is 23.3 Å². The summed E-state index contributed by atoms with van der Waals surface area (Å²) in [4.78, 5) is 0. The summed E-state index contributed by atoms with van der Waals surface area (Å²) in [6, 6.07) is 12.1. The molecule has 0 bridgehead atoms. The van der Waals surface area contributed by atoms with Crippen LogP contribution in [0.15, 0.2) is 61.2 Å². The van der Waals surface area contributed by atoms with Gasteiger partial charge in [-0.25, -0.2) is 13.2 Å². The lowest BCUT2D eigenvalue weighted by atomic mass is 9.94. The number of rotatable bonds is 13. The summed E-state index contributed by atoms with van der Waals surface area (Å²) in [7, 11) is 0. The van der Waals surface area contributed by atoms with Gasteiger partial charge in [-0.05, 0) is 54.5 Å². The molecule has 1 saturated heterocycles. The molecule has 7 heteroatoms. The molecule has 3 aromatic rings. The Bertz CT molecular complexity index is 1270. The lowest BCUT2D eigenvalue weighted by molar-refractivity contribution is -0.190. The highest BCUT2D eigenvalue weighted by atomic mass is 19.2. The van der Waals surface area contributed by atoms with E-state index in [1.54, 1.807) is 36.4 Å².